The minimum atomic E-state index is 0.506. The van der Waals surface area contributed by atoms with Crippen molar-refractivity contribution in [2.75, 3.05) is 0 Å². The van der Waals surface area contributed by atoms with Crippen molar-refractivity contribution < 1.29 is 0 Å². The zero-order chi connectivity index (χ0) is 39.8. The van der Waals surface area contributed by atoms with Crippen LogP contribution in [0, 0.1) is 45.3 Å². The fraction of sp³-hybridized carbons (Fsp3) is 0. The summed E-state index contributed by atoms with van der Waals surface area (Å²) in [5.41, 5.74) is 12.5. The molecule has 0 N–H and O–H groups in total. The number of hydrogen-bond acceptors (Lipinski definition) is 4. The van der Waals surface area contributed by atoms with Gasteiger partial charge in [0.05, 0.1) is 79.2 Å². The lowest BCUT2D eigenvalue weighted by atomic mass is 10.0. The van der Waals surface area contributed by atoms with E-state index < -0.39 is 0 Å². The summed E-state index contributed by atoms with van der Waals surface area (Å²) in [6.07, 6.45) is 0. The highest BCUT2D eigenvalue weighted by Crippen LogP contribution is 2.50. The maximum atomic E-state index is 10.9. The SMILES string of the molecule is N#Cc1ccc(-c2ccc(-n3c4ccccc4c4c5c(c6ccccc6n5-c5ccc(C#N)cc5)c5c(c6ccccc6n5-c5ccc(C#N)cc5)c43)c(C#N)c2)cc1. The quantitative estimate of drug-likeness (QED) is 0.178. The molecule has 0 saturated carbocycles. The Bertz CT molecular complexity index is 3650. The van der Waals surface area contributed by atoms with Crippen molar-refractivity contribution in [2.45, 2.75) is 0 Å². The number of para-hydroxylation sites is 3. The maximum Gasteiger partial charge on any atom is 0.101 e. The first-order chi connectivity index (χ1) is 29.1. The van der Waals surface area contributed by atoms with Gasteiger partial charge in [-0.05, 0) is 102 Å². The predicted octanol–water partition coefficient (Wildman–Crippen LogP) is 12.1. The Balaban J connectivity index is 1.40. The molecule has 11 aromatic rings. The molecule has 0 fully saturated rings. The van der Waals surface area contributed by atoms with Crippen molar-refractivity contribution in [1.82, 2.24) is 13.7 Å². The zero-order valence-electron chi connectivity index (χ0n) is 31.2. The van der Waals surface area contributed by atoms with Crippen LogP contribution in [0.1, 0.15) is 22.3 Å². The first-order valence-electron chi connectivity index (χ1n) is 19.1. The van der Waals surface area contributed by atoms with Crippen LogP contribution in [-0.2, 0) is 0 Å². The van der Waals surface area contributed by atoms with Crippen molar-refractivity contribution in [1.29, 1.82) is 21.0 Å². The molecule has 11 rings (SSSR count). The second kappa shape index (κ2) is 12.8. The average Bonchev–Trinajstić information content (AvgIpc) is 3.95. The lowest BCUT2D eigenvalue weighted by molar-refractivity contribution is 1.16. The van der Waals surface area contributed by atoms with Gasteiger partial charge in [-0.1, -0.05) is 72.8 Å². The monoisotopic (exact) mass is 749 g/mol. The molecule has 0 aliphatic rings. The molecule has 8 aromatic carbocycles. The standard InChI is InChI=1S/C52H27N7/c53-28-32-13-19-35(20-14-32)36-21-26-43(37(27-36)31-56)59-46-12-6-3-9-42(46)49-51-47(40-7-1-4-10-44(40)57(51)38-22-15-33(29-54)16-23-38)50-48(52(49)59)41-8-2-5-11-45(41)58(50)39-24-17-34(30-55)18-25-39/h1-27H. The van der Waals surface area contributed by atoms with Gasteiger partial charge in [-0.15, -0.1) is 0 Å². The number of nitrogens with zero attached hydrogens (tertiary/aromatic N) is 7. The van der Waals surface area contributed by atoms with Gasteiger partial charge in [0.25, 0.3) is 0 Å². The molecule has 3 aromatic heterocycles. The summed E-state index contributed by atoms with van der Waals surface area (Å²) in [5.74, 6) is 0. The second-order valence-corrected chi connectivity index (χ2v) is 14.6. The fourth-order valence-electron chi connectivity index (χ4n) is 9.04. The molecule has 0 aliphatic carbocycles. The minimum absolute atomic E-state index is 0.506. The summed E-state index contributed by atoms with van der Waals surface area (Å²) in [6.45, 7) is 0. The third-order valence-electron chi connectivity index (χ3n) is 11.5. The highest BCUT2D eigenvalue weighted by atomic mass is 15.0. The van der Waals surface area contributed by atoms with Crippen LogP contribution in [0.3, 0.4) is 0 Å². The van der Waals surface area contributed by atoms with E-state index in [1.54, 1.807) is 12.1 Å². The van der Waals surface area contributed by atoms with E-state index in [1.165, 1.54) is 0 Å². The third kappa shape index (κ3) is 4.78. The largest absolute Gasteiger partial charge is 0.308 e. The van der Waals surface area contributed by atoms with E-state index in [-0.39, 0.29) is 0 Å². The van der Waals surface area contributed by atoms with E-state index in [0.717, 1.165) is 93.6 Å². The van der Waals surface area contributed by atoms with Crippen LogP contribution >= 0.6 is 0 Å². The Hall–Kier alpha value is -8.88. The summed E-state index contributed by atoms with van der Waals surface area (Å²) in [5, 5.41) is 46.2. The molecule has 3 heterocycles. The summed E-state index contributed by atoms with van der Waals surface area (Å²) >= 11 is 0. The topological polar surface area (TPSA) is 110 Å². The normalized spacial score (nSPS) is 11.3. The lowest BCUT2D eigenvalue weighted by Crippen LogP contribution is -2.00. The lowest BCUT2D eigenvalue weighted by Gasteiger charge is -2.15. The molecule has 0 saturated heterocycles. The predicted molar refractivity (Wildman–Crippen MR) is 234 cm³/mol. The van der Waals surface area contributed by atoms with Gasteiger partial charge in [0.1, 0.15) is 6.07 Å². The number of nitriles is 4. The van der Waals surface area contributed by atoms with Crippen molar-refractivity contribution >= 4 is 65.4 Å². The number of hydrogen-bond donors (Lipinski definition) is 0. The molecule has 7 nitrogen and oxygen atoms in total. The van der Waals surface area contributed by atoms with E-state index in [4.69, 9.17) is 0 Å². The zero-order valence-corrected chi connectivity index (χ0v) is 31.2. The summed E-state index contributed by atoms with van der Waals surface area (Å²) < 4.78 is 6.87. The first kappa shape index (κ1) is 33.5. The van der Waals surface area contributed by atoms with E-state index >= 15 is 0 Å². The fourth-order valence-corrected chi connectivity index (χ4v) is 9.04. The highest BCUT2D eigenvalue weighted by Gasteiger charge is 2.29. The second-order valence-electron chi connectivity index (χ2n) is 14.6. The first-order valence-corrected chi connectivity index (χ1v) is 19.1. The molecule has 0 amide bonds. The number of benzene rings is 8. The van der Waals surface area contributed by atoms with E-state index in [2.05, 4.69) is 105 Å². The highest BCUT2D eigenvalue weighted by molar-refractivity contribution is 6.40. The Labute approximate surface area is 337 Å². The van der Waals surface area contributed by atoms with Gasteiger partial charge in [-0.2, -0.15) is 21.0 Å². The van der Waals surface area contributed by atoms with Crippen LogP contribution in [-0.4, -0.2) is 13.7 Å². The van der Waals surface area contributed by atoms with Crippen LogP contribution in [0.4, 0.5) is 0 Å². The maximum absolute atomic E-state index is 10.9. The molecule has 0 spiro atoms. The van der Waals surface area contributed by atoms with Gasteiger partial charge in [-0.3, -0.25) is 0 Å². The molecule has 0 unspecified atom stereocenters. The van der Waals surface area contributed by atoms with Crippen molar-refractivity contribution in [3.8, 4) is 52.5 Å². The van der Waals surface area contributed by atoms with Crippen LogP contribution in [0.15, 0.2) is 164 Å². The van der Waals surface area contributed by atoms with E-state index in [0.29, 0.717) is 22.3 Å². The van der Waals surface area contributed by atoms with Gasteiger partial charge in [0, 0.05) is 43.7 Å². The van der Waals surface area contributed by atoms with Crippen molar-refractivity contribution in [3.05, 3.63) is 186 Å². The van der Waals surface area contributed by atoms with E-state index in [9.17, 15) is 21.0 Å². The summed E-state index contributed by atoms with van der Waals surface area (Å²) in [6, 6.07) is 63.5. The van der Waals surface area contributed by atoms with Crippen LogP contribution in [0.25, 0.3) is 93.6 Å². The minimum Gasteiger partial charge on any atom is -0.308 e. The Morgan fingerprint density at radius 1 is 0.339 bits per heavy atom. The number of aromatic nitrogens is 3. The van der Waals surface area contributed by atoms with E-state index in [1.807, 2.05) is 84.9 Å². The van der Waals surface area contributed by atoms with Crippen molar-refractivity contribution in [3.63, 3.8) is 0 Å². The third-order valence-corrected chi connectivity index (χ3v) is 11.5. The molecule has 0 aliphatic heterocycles. The molecule has 0 atom stereocenters. The molecule has 7 heteroatoms. The van der Waals surface area contributed by atoms with Gasteiger partial charge in [0.15, 0.2) is 0 Å². The van der Waals surface area contributed by atoms with Crippen molar-refractivity contribution in [2.24, 2.45) is 0 Å². The van der Waals surface area contributed by atoms with Crippen LogP contribution in [0.5, 0.6) is 0 Å². The van der Waals surface area contributed by atoms with Gasteiger partial charge < -0.3 is 13.7 Å². The number of fused-ring (bicyclic) bond motifs is 12. The Morgan fingerprint density at radius 2 is 0.712 bits per heavy atom. The molecule has 270 valence electrons. The molecule has 59 heavy (non-hydrogen) atoms. The molecule has 0 radical (unpaired) electrons. The van der Waals surface area contributed by atoms with Gasteiger partial charge in [-0.25, -0.2) is 0 Å². The average molecular weight is 750 g/mol. The number of rotatable bonds is 4. The summed E-state index contributed by atoms with van der Waals surface area (Å²) in [7, 11) is 0. The van der Waals surface area contributed by atoms with Gasteiger partial charge >= 0.3 is 0 Å². The smallest absolute Gasteiger partial charge is 0.101 e. The molecule has 0 bridgehead atoms. The molecular formula is C52H27N7. The van der Waals surface area contributed by atoms with Crippen LogP contribution < -0.4 is 0 Å². The Kier molecular flexibility index (Phi) is 7.28. The van der Waals surface area contributed by atoms with Gasteiger partial charge in [0.2, 0.25) is 0 Å². The molecular weight excluding hydrogens is 723 g/mol. The summed E-state index contributed by atoms with van der Waals surface area (Å²) in [4.78, 5) is 0. The van der Waals surface area contributed by atoms with Crippen LogP contribution in [0.2, 0.25) is 0 Å². The Morgan fingerprint density at radius 3 is 1.14 bits per heavy atom.